The average Bonchev–Trinajstić information content (AvgIpc) is 2.74. The molecule has 2 unspecified atom stereocenters. The van der Waals surface area contributed by atoms with Gasteiger partial charge >= 0.3 is 0 Å². The molecular formula is C13H25N3O3. The number of methoxy groups -OCH3 is 1. The highest BCUT2D eigenvalue weighted by atomic mass is 16.5. The third-order valence-corrected chi connectivity index (χ3v) is 2.74. The molecule has 0 saturated heterocycles. The maximum absolute atomic E-state index is 9.84. The third-order valence-electron chi connectivity index (χ3n) is 2.74. The lowest BCUT2D eigenvalue weighted by atomic mass is 10.3. The highest BCUT2D eigenvalue weighted by molar-refractivity contribution is 5.46. The van der Waals surface area contributed by atoms with E-state index in [2.05, 4.69) is 17.3 Å². The van der Waals surface area contributed by atoms with Crippen molar-refractivity contribution in [3.05, 3.63) is 11.9 Å². The van der Waals surface area contributed by atoms with E-state index >= 15 is 0 Å². The van der Waals surface area contributed by atoms with Crippen LogP contribution in [0.5, 0.6) is 0 Å². The van der Waals surface area contributed by atoms with Gasteiger partial charge in [0.05, 0.1) is 36.8 Å². The van der Waals surface area contributed by atoms with Crippen LogP contribution in [-0.2, 0) is 22.9 Å². The summed E-state index contributed by atoms with van der Waals surface area (Å²) in [6.45, 7) is 5.24. The second-order valence-electron chi connectivity index (χ2n) is 4.65. The van der Waals surface area contributed by atoms with Gasteiger partial charge in [-0.05, 0) is 13.3 Å². The summed E-state index contributed by atoms with van der Waals surface area (Å²) in [4.78, 5) is 0. The number of hydrogen-bond donors (Lipinski definition) is 2. The molecule has 0 aromatic carbocycles. The van der Waals surface area contributed by atoms with Crippen LogP contribution in [0, 0.1) is 0 Å². The molecule has 0 fully saturated rings. The normalized spacial score (nSPS) is 14.4. The predicted molar refractivity (Wildman–Crippen MR) is 74.4 cm³/mol. The van der Waals surface area contributed by atoms with Crippen molar-refractivity contribution in [2.45, 2.75) is 32.5 Å². The Labute approximate surface area is 114 Å². The van der Waals surface area contributed by atoms with Crippen molar-refractivity contribution in [1.82, 2.24) is 9.78 Å². The molecule has 1 aromatic heterocycles. The first-order chi connectivity index (χ1) is 9.06. The number of aliphatic hydroxyl groups is 1. The summed E-state index contributed by atoms with van der Waals surface area (Å²) in [5.74, 6) is 0. The molecule has 0 aliphatic carbocycles. The second-order valence-corrected chi connectivity index (χ2v) is 4.65. The molecule has 0 radical (unpaired) electrons. The molecule has 6 nitrogen and oxygen atoms in total. The van der Waals surface area contributed by atoms with Gasteiger partial charge in [-0.3, -0.25) is 4.68 Å². The molecule has 0 saturated carbocycles. The fourth-order valence-electron chi connectivity index (χ4n) is 1.79. The summed E-state index contributed by atoms with van der Waals surface area (Å²) in [6.07, 6.45) is 2.22. The van der Waals surface area contributed by atoms with Crippen molar-refractivity contribution in [3.8, 4) is 0 Å². The van der Waals surface area contributed by atoms with Crippen molar-refractivity contribution in [3.63, 3.8) is 0 Å². The zero-order chi connectivity index (χ0) is 14.3. The highest BCUT2D eigenvalue weighted by Crippen LogP contribution is 2.13. The standard InChI is InChI=1S/C13H25N3O3/c1-5-12-13(7-16(3)15-12)14-6-11(17)9-19-10(2)8-18-4/h7,10-11,14,17H,5-6,8-9H2,1-4H3. The molecule has 110 valence electrons. The number of ether oxygens (including phenoxy) is 2. The summed E-state index contributed by atoms with van der Waals surface area (Å²) >= 11 is 0. The Balaban J connectivity index is 2.31. The number of aliphatic hydroxyl groups excluding tert-OH is 1. The van der Waals surface area contributed by atoms with E-state index < -0.39 is 6.10 Å². The summed E-state index contributed by atoms with van der Waals surface area (Å²) in [5, 5.41) is 17.4. The molecule has 6 heteroatoms. The van der Waals surface area contributed by atoms with Crippen LogP contribution in [0.15, 0.2) is 6.20 Å². The van der Waals surface area contributed by atoms with Crippen molar-refractivity contribution in [2.75, 3.05) is 32.2 Å². The van der Waals surface area contributed by atoms with Crippen LogP contribution < -0.4 is 5.32 Å². The molecule has 0 amide bonds. The van der Waals surface area contributed by atoms with E-state index in [1.54, 1.807) is 11.8 Å². The van der Waals surface area contributed by atoms with E-state index in [0.717, 1.165) is 17.8 Å². The fraction of sp³-hybridized carbons (Fsp3) is 0.769. The Morgan fingerprint density at radius 3 is 2.84 bits per heavy atom. The monoisotopic (exact) mass is 271 g/mol. The number of aromatic nitrogens is 2. The van der Waals surface area contributed by atoms with Crippen LogP contribution >= 0.6 is 0 Å². The van der Waals surface area contributed by atoms with Gasteiger partial charge in [0, 0.05) is 26.9 Å². The highest BCUT2D eigenvalue weighted by Gasteiger charge is 2.10. The van der Waals surface area contributed by atoms with Crippen molar-refractivity contribution in [2.24, 2.45) is 7.05 Å². The zero-order valence-electron chi connectivity index (χ0n) is 12.2. The van der Waals surface area contributed by atoms with Gasteiger partial charge < -0.3 is 19.9 Å². The Bertz CT molecular complexity index is 368. The zero-order valence-corrected chi connectivity index (χ0v) is 12.2. The first-order valence-electron chi connectivity index (χ1n) is 6.61. The van der Waals surface area contributed by atoms with E-state index in [-0.39, 0.29) is 6.10 Å². The molecule has 0 aliphatic heterocycles. The van der Waals surface area contributed by atoms with Crippen LogP contribution in [0.3, 0.4) is 0 Å². The lowest BCUT2D eigenvalue weighted by Crippen LogP contribution is -2.28. The van der Waals surface area contributed by atoms with E-state index in [1.807, 2.05) is 20.2 Å². The Morgan fingerprint density at radius 2 is 2.21 bits per heavy atom. The lowest BCUT2D eigenvalue weighted by molar-refractivity contribution is -0.0282. The summed E-state index contributed by atoms with van der Waals surface area (Å²) in [6, 6.07) is 0. The Morgan fingerprint density at radius 1 is 1.47 bits per heavy atom. The number of nitrogens with zero attached hydrogens (tertiary/aromatic N) is 2. The quantitative estimate of drug-likeness (QED) is 0.695. The van der Waals surface area contributed by atoms with Crippen LogP contribution in [-0.4, -0.2) is 54.0 Å². The van der Waals surface area contributed by atoms with Crippen LogP contribution in [0.2, 0.25) is 0 Å². The molecule has 0 spiro atoms. The smallest absolute Gasteiger partial charge is 0.0945 e. The van der Waals surface area contributed by atoms with Gasteiger partial charge in [0.2, 0.25) is 0 Å². The van der Waals surface area contributed by atoms with E-state index in [9.17, 15) is 5.11 Å². The molecule has 2 N–H and O–H groups in total. The summed E-state index contributed by atoms with van der Waals surface area (Å²) < 4.78 is 12.2. The minimum absolute atomic E-state index is 0.00996. The SMILES string of the molecule is CCc1nn(C)cc1NCC(O)COC(C)COC. The fourth-order valence-corrected chi connectivity index (χ4v) is 1.79. The molecule has 0 bridgehead atoms. The van der Waals surface area contributed by atoms with Gasteiger partial charge in [-0.1, -0.05) is 6.92 Å². The maximum Gasteiger partial charge on any atom is 0.0945 e. The summed E-state index contributed by atoms with van der Waals surface area (Å²) in [5.41, 5.74) is 1.97. The minimum Gasteiger partial charge on any atom is -0.389 e. The number of aryl methyl sites for hydroxylation is 2. The van der Waals surface area contributed by atoms with E-state index in [0.29, 0.717) is 19.8 Å². The van der Waals surface area contributed by atoms with Gasteiger partial charge in [-0.15, -0.1) is 0 Å². The third kappa shape index (κ3) is 5.59. The number of anilines is 1. The number of nitrogens with one attached hydrogen (secondary N) is 1. The molecule has 1 rings (SSSR count). The van der Waals surface area contributed by atoms with E-state index in [4.69, 9.17) is 9.47 Å². The van der Waals surface area contributed by atoms with Crippen molar-refractivity contribution >= 4 is 5.69 Å². The number of hydrogen-bond acceptors (Lipinski definition) is 5. The van der Waals surface area contributed by atoms with Crippen molar-refractivity contribution < 1.29 is 14.6 Å². The van der Waals surface area contributed by atoms with E-state index in [1.165, 1.54) is 0 Å². The van der Waals surface area contributed by atoms with Gasteiger partial charge in [0.15, 0.2) is 0 Å². The first kappa shape index (κ1) is 15.9. The first-order valence-corrected chi connectivity index (χ1v) is 6.61. The van der Waals surface area contributed by atoms with Gasteiger partial charge in [-0.2, -0.15) is 5.10 Å². The summed E-state index contributed by atoms with van der Waals surface area (Å²) in [7, 11) is 3.52. The van der Waals surface area contributed by atoms with Gasteiger partial charge in [0.1, 0.15) is 0 Å². The van der Waals surface area contributed by atoms with Gasteiger partial charge in [-0.25, -0.2) is 0 Å². The molecule has 1 aromatic rings. The topological polar surface area (TPSA) is 68.5 Å². The molecular weight excluding hydrogens is 246 g/mol. The second kappa shape index (κ2) is 8.14. The Kier molecular flexibility index (Phi) is 6.83. The largest absolute Gasteiger partial charge is 0.389 e. The molecule has 2 atom stereocenters. The molecule has 19 heavy (non-hydrogen) atoms. The lowest BCUT2D eigenvalue weighted by Gasteiger charge is -2.16. The van der Waals surface area contributed by atoms with Crippen LogP contribution in [0.4, 0.5) is 5.69 Å². The minimum atomic E-state index is -0.552. The van der Waals surface area contributed by atoms with Crippen LogP contribution in [0.25, 0.3) is 0 Å². The molecule has 1 heterocycles. The molecule has 0 aliphatic rings. The van der Waals surface area contributed by atoms with Gasteiger partial charge in [0.25, 0.3) is 0 Å². The number of rotatable bonds is 9. The Hall–Kier alpha value is -1.11. The van der Waals surface area contributed by atoms with Crippen LogP contribution in [0.1, 0.15) is 19.5 Å². The van der Waals surface area contributed by atoms with Crippen molar-refractivity contribution in [1.29, 1.82) is 0 Å². The predicted octanol–water partition coefficient (Wildman–Crippen LogP) is 0.807. The maximum atomic E-state index is 9.84. The average molecular weight is 271 g/mol.